The van der Waals surface area contributed by atoms with Crippen molar-refractivity contribution in [3.8, 4) is 0 Å². The fourth-order valence-electron chi connectivity index (χ4n) is 3.52. The quantitative estimate of drug-likeness (QED) is 0.788. The molecule has 0 amide bonds. The highest BCUT2D eigenvalue weighted by Gasteiger charge is 2.35. The molecule has 3 unspecified atom stereocenters. The van der Waals surface area contributed by atoms with E-state index in [9.17, 15) is 0 Å². The lowest BCUT2D eigenvalue weighted by Gasteiger charge is -2.44. The molecule has 0 aliphatic carbocycles. The summed E-state index contributed by atoms with van der Waals surface area (Å²) in [6.45, 7) is 8.82. The van der Waals surface area contributed by atoms with Crippen LogP contribution in [0.2, 0.25) is 0 Å². The maximum atomic E-state index is 3.67. The van der Waals surface area contributed by atoms with Crippen LogP contribution in [-0.2, 0) is 0 Å². The molecule has 0 aromatic carbocycles. The third-order valence-electron chi connectivity index (χ3n) is 4.52. The summed E-state index contributed by atoms with van der Waals surface area (Å²) in [6, 6.07) is 2.34. The van der Waals surface area contributed by atoms with Crippen molar-refractivity contribution in [1.29, 1.82) is 0 Å². The molecule has 3 saturated heterocycles. The van der Waals surface area contributed by atoms with E-state index in [-0.39, 0.29) is 0 Å². The Balaban J connectivity index is 1.55. The largest absolute Gasteiger partial charge is 0.311 e. The molecule has 17 heavy (non-hydrogen) atoms. The van der Waals surface area contributed by atoms with Gasteiger partial charge >= 0.3 is 0 Å². The summed E-state index contributed by atoms with van der Waals surface area (Å²) >= 11 is 2.11. The van der Waals surface area contributed by atoms with Crippen LogP contribution in [0.15, 0.2) is 0 Å². The lowest BCUT2D eigenvalue weighted by Crippen LogP contribution is -2.58. The summed E-state index contributed by atoms with van der Waals surface area (Å²) in [7, 11) is 0. The first kappa shape index (κ1) is 12.3. The van der Waals surface area contributed by atoms with Gasteiger partial charge in [0, 0.05) is 55.8 Å². The smallest absolute Gasteiger partial charge is 0.0286 e. The van der Waals surface area contributed by atoms with Gasteiger partial charge in [0.15, 0.2) is 0 Å². The van der Waals surface area contributed by atoms with Gasteiger partial charge in [-0.05, 0) is 26.3 Å². The van der Waals surface area contributed by atoms with Gasteiger partial charge < -0.3 is 5.32 Å². The van der Waals surface area contributed by atoms with Crippen LogP contribution >= 0.6 is 11.8 Å². The van der Waals surface area contributed by atoms with Crippen molar-refractivity contribution in [3.63, 3.8) is 0 Å². The normalized spacial score (nSPS) is 40.4. The van der Waals surface area contributed by atoms with Crippen LogP contribution in [-0.4, -0.2) is 72.2 Å². The van der Waals surface area contributed by atoms with Gasteiger partial charge in [-0.2, -0.15) is 11.8 Å². The summed E-state index contributed by atoms with van der Waals surface area (Å²) in [4.78, 5) is 5.44. The van der Waals surface area contributed by atoms with Crippen LogP contribution in [0.3, 0.4) is 0 Å². The summed E-state index contributed by atoms with van der Waals surface area (Å²) in [5.74, 6) is 2.60. The molecule has 98 valence electrons. The zero-order chi connectivity index (χ0) is 11.7. The lowest BCUT2D eigenvalue weighted by molar-refractivity contribution is 0.0542. The topological polar surface area (TPSA) is 18.5 Å². The van der Waals surface area contributed by atoms with E-state index < -0.39 is 0 Å². The van der Waals surface area contributed by atoms with Crippen LogP contribution in [0.4, 0.5) is 0 Å². The predicted molar refractivity (Wildman–Crippen MR) is 74.7 cm³/mol. The van der Waals surface area contributed by atoms with E-state index in [4.69, 9.17) is 0 Å². The molecule has 0 spiro atoms. The molecule has 3 aliphatic heterocycles. The molecule has 1 N–H and O–H groups in total. The molecular formula is C13H25N3S. The Morgan fingerprint density at radius 2 is 2.29 bits per heavy atom. The zero-order valence-corrected chi connectivity index (χ0v) is 11.7. The SMILES string of the molecule is CC1CN2CCCC2CN1CC1CSCCN1. The Kier molecular flexibility index (Phi) is 3.95. The molecule has 0 bridgehead atoms. The number of nitrogens with zero attached hydrogens (tertiary/aromatic N) is 2. The van der Waals surface area contributed by atoms with E-state index >= 15 is 0 Å². The van der Waals surface area contributed by atoms with Crippen LogP contribution in [0.25, 0.3) is 0 Å². The monoisotopic (exact) mass is 255 g/mol. The van der Waals surface area contributed by atoms with Gasteiger partial charge in [0.1, 0.15) is 0 Å². The van der Waals surface area contributed by atoms with E-state index in [0.717, 1.165) is 18.1 Å². The van der Waals surface area contributed by atoms with E-state index in [2.05, 4.69) is 33.8 Å². The molecule has 3 rings (SSSR count). The van der Waals surface area contributed by atoms with E-state index in [0.29, 0.717) is 0 Å². The van der Waals surface area contributed by atoms with E-state index in [1.54, 1.807) is 0 Å². The van der Waals surface area contributed by atoms with Gasteiger partial charge in [0.25, 0.3) is 0 Å². The fraction of sp³-hybridized carbons (Fsp3) is 1.00. The third kappa shape index (κ3) is 2.80. The van der Waals surface area contributed by atoms with Crippen molar-refractivity contribution in [2.45, 2.75) is 37.9 Å². The molecule has 3 fully saturated rings. The highest BCUT2D eigenvalue weighted by atomic mass is 32.2. The van der Waals surface area contributed by atoms with Crippen LogP contribution in [0.5, 0.6) is 0 Å². The standard InChI is InChI=1S/C13H25N3S/c1-11-7-15-5-2-3-13(15)9-16(11)8-12-10-17-6-4-14-12/h11-14H,2-10H2,1H3. The Hall–Kier alpha value is 0.230. The number of thioether (sulfide) groups is 1. The molecule has 3 aliphatic rings. The van der Waals surface area contributed by atoms with Gasteiger partial charge in [-0.25, -0.2) is 0 Å². The van der Waals surface area contributed by atoms with Crippen molar-refractivity contribution in [2.24, 2.45) is 0 Å². The van der Waals surface area contributed by atoms with Gasteiger partial charge in [-0.1, -0.05) is 0 Å². The maximum Gasteiger partial charge on any atom is 0.0286 e. The van der Waals surface area contributed by atoms with Gasteiger partial charge in [-0.3, -0.25) is 9.80 Å². The highest BCUT2D eigenvalue weighted by Crippen LogP contribution is 2.25. The average Bonchev–Trinajstić information content (AvgIpc) is 2.78. The number of hydrogen-bond donors (Lipinski definition) is 1. The van der Waals surface area contributed by atoms with Crippen molar-refractivity contribution >= 4 is 11.8 Å². The minimum absolute atomic E-state index is 0.726. The number of fused-ring (bicyclic) bond motifs is 1. The second-order valence-corrected chi connectivity index (χ2v) is 6.97. The number of rotatable bonds is 2. The Bertz CT molecular complexity index is 255. The van der Waals surface area contributed by atoms with Crippen LogP contribution in [0.1, 0.15) is 19.8 Å². The molecule has 3 nitrogen and oxygen atoms in total. The number of piperazine rings is 1. The molecule has 4 heteroatoms. The summed E-state index contributed by atoms with van der Waals surface area (Å²) in [5.41, 5.74) is 0. The van der Waals surface area contributed by atoms with Crippen molar-refractivity contribution in [1.82, 2.24) is 15.1 Å². The minimum atomic E-state index is 0.726. The highest BCUT2D eigenvalue weighted by molar-refractivity contribution is 7.99. The van der Waals surface area contributed by atoms with E-state index in [1.807, 2.05) is 0 Å². The number of nitrogens with one attached hydrogen (secondary N) is 1. The molecule has 3 heterocycles. The second kappa shape index (κ2) is 5.47. The zero-order valence-electron chi connectivity index (χ0n) is 10.9. The van der Waals surface area contributed by atoms with Gasteiger partial charge in [-0.15, -0.1) is 0 Å². The second-order valence-electron chi connectivity index (χ2n) is 5.82. The molecule has 0 aromatic rings. The Morgan fingerprint density at radius 3 is 3.12 bits per heavy atom. The lowest BCUT2D eigenvalue weighted by atomic mass is 10.1. The minimum Gasteiger partial charge on any atom is -0.311 e. The predicted octanol–water partition coefficient (Wildman–Crippen LogP) is 0.860. The first-order valence-corrected chi connectivity index (χ1v) is 8.27. The fourth-order valence-corrected chi connectivity index (χ4v) is 4.46. The van der Waals surface area contributed by atoms with Gasteiger partial charge in [0.05, 0.1) is 0 Å². The first-order valence-electron chi connectivity index (χ1n) is 7.12. The van der Waals surface area contributed by atoms with Gasteiger partial charge in [0.2, 0.25) is 0 Å². The van der Waals surface area contributed by atoms with Crippen molar-refractivity contribution in [2.75, 3.05) is 44.2 Å². The number of hydrogen-bond acceptors (Lipinski definition) is 4. The van der Waals surface area contributed by atoms with Crippen molar-refractivity contribution in [3.05, 3.63) is 0 Å². The van der Waals surface area contributed by atoms with Crippen molar-refractivity contribution < 1.29 is 0 Å². The molecular weight excluding hydrogens is 230 g/mol. The molecule has 0 radical (unpaired) electrons. The molecule has 0 aromatic heterocycles. The van der Waals surface area contributed by atoms with Crippen LogP contribution in [0, 0.1) is 0 Å². The van der Waals surface area contributed by atoms with Crippen LogP contribution < -0.4 is 5.32 Å². The molecule has 0 saturated carbocycles. The molecule has 3 atom stereocenters. The maximum absolute atomic E-state index is 3.67. The summed E-state index contributed by atoms with van der Waals surface area (Å²) in [5, 5.41) is 3.67. The Labute approximate surface area is 109 Å². The average molecular weight is 255 g/mol. The Morgan fingerprint density at radius 1 is 1.35 bits per heavy atom. The first-order chi connectivity index (χ1) is 8.33. The third-order valence-corrected chi connectivity index (χ3v) is 5.65. The van der Waals surface area contributed by atoms with E-state index in [1.165, 1.54) is 57.1 Å². The summed E-state index contributed by atoms with van der Waals surface area (Å²) < 4.78 is 0. The summed E-state index contributed by atoms with van der Waals surface area (Å²) in [6.07, 6.45) is 2.85.